The van der Waals surface area contributed by atoms with Gasteiger partial charge in [-0.2, -0.15) is 0 Å². The molecule has 0 bridgehead atoms. The van der Waals surface area contributed by atoms with Gasteiger partial charge in [-0.3, -0.25) is 9.55 Å². The number of phenols is 1. The summed E-state index contributed by atoms with van der Waals surface area (Å²) < 4.78 is 2.24. The van der Waals surface area contributed by atoms with Crippen molar-refractivity contribution in [2.75, 3.05) is 0 Å². The van der Waals surface area contributed by atoms with E-state index in [0.29, 0.717) is 5.82 Å². The van der Waals surface area contributed by atoms with Gasteiger partial charge in [-0.1, -0.05) is 164 Å². The average Bonchev–Trinajstić information content (AvgIpc) is 3.56. The third-order valence-corrected chi connectivity index (χ3v) is 10.7. The van der Waals surface area contributed by atoms with Gasteiger partial charge in [-0.25, -0.2) is 4.98 Å². The Morgan fingerprint density at radius 2 is 1.36 bits per heavy atom. The molecule has 0 aliphatic heterocycles. The molecule has 0 saturated heterocycles. The molecule has 2 heterocycles. The van der Waals surface area contributed by atoms with Gasteiger partial charge in [0.05, 0.1) is 22.3 Å². The number of phenolic OH excluding ortho intramolecular Hbond substituents is 1. The molecule has 1 N–H and O–H groups in total. The maximum atomic E-state index is 12.2. The molecule has 6 aromatic carbocycles. The number of aromatic hydroxyl groups is 1. The molecule has 0 aliphatic rings. The van der Waals surface area contributed by atoms with E-state index in [1.54, 1.807) is 0 Å². The summed E-state index contributed by atoms with van der Waals surface area (Å²) in [6.07, 6.45) is 1.95. The van der Waals surface area contributed by atoms with Crippen LogP contribution in [0.25, 0.3) is 72.4 Å². The second kappa shape index (κ2) is 15.0. The van der Waals surface area contributed by atoms with Crippen LogP contribution in [0.5, 0.6) is 5.75 Å². The third kappa shape index (κ3) is 7.24. The first-order chi connectivity index (χ1) is 26.3. The molecular weight excluding hydrogens is 866 g/mol. The number of rotatable bonds is 6. The van der Waals surface area contributed by atoms with Crippen LogP contribution in [0.4, 0.5) is 0 Å². The molecule has 0 saturated carbocycles. The van der Waals surface area contributed by atoms with Gasteiger partial charge in [0.2, 0.25) is 0 Å². The Kier molecular flexibility index (Phi) is 10.4. The predicted molar refractivity (Wildman–Crippen MR) is 230 cm³/mol. The van der Waals surface area contributed by atoms with Gasteiger partial charge in [-0.15, -0.1) is 29.3 Å². The summed E-state index contributed by atoms with van der Waals surface area (Å²) in [6.45, 7) is 17.6. The van der Waals surface area contributed by atoms with Crippen molar-refractivity contribution in [3.05, 3.63) is 156 Å². The molecule has 56 heavy (non-hydrogen) atoms. The Balaban J connectivity index is 0.00000480. The van der Waals surface area contributed by atoms with Crippen LogP contribution in [0.2, 0.25) is 0 Å². The van der Waals surface area contributed by atoms with Gasteiger partial charge in [0, 0.05) is 43.9 Å². The molecule has 0 amide bonds. The SMILES string of the molecule is CC(C)c1cc(-c2ccc(-c3ccccc3)cn2)[c-]c(-c2cccc3c2nc(-c2cc(C(C)(C)C)cc(C(C)(C)C)c2O)n3-c2cccc3ccccc23)c1.[Pt]. The van der Waals surface area contributed by atoms with Crippen LogP contribution < -0.4 is 0 Å². The van der Waals surface area contributed by atoms with Crippen molar-refractivity contribution in [3.63, 3.8) is 0 Å². The van der Waals surface area contributed by atoms with E-state index in [2.05, 4.69) is 187 Å². The Hall–Kier alpha value is -5.31. The largest absolute Gasteiger partial charge is 0.507 e. The third-order valence-electron chi connectivity index (χ3n) is 10.7. The number of pyridine rings is 1. The summed E-state index contributed by atoms with van der Waals surface area (Å²) in [5.41, 5.74) is 12.3. The van der Waals surface area contributed by atoms with Gasteiger partial charge in [0.15, 0.2) is 0 Å². The standard InChI is InChI=1S/C51H48N3O.Pt/c1-32(2)36-26-37(28-38(27-36)44-25-24-35(31-52-44)33-16-10-9-11-17-33)41-21-15-23-46-47(41)53-49(54(46)45-22-14-19-34-18-12-13-20-40(34)45)42-29-39(50(3,4)5)30-43(48(42)55)51(6,7)8;/h9-27,29-32,55H,1-8H3;/q-1;. The molecule has 0 fully saturated rings. The van der Waals surface area contributed by atoms with E-state index >= 15 is 0 Å². The molecule has 0 radical (unpaired) electrons. The van der Waals surface area contributed by atoms with E-state index in [1.165, 1.54) is 5.56 Å². The Bertz CT molecular complexity index is 2690. The number of aromatic nitrogens is 3. The fourth-order valence-electron chi connectivity index (χ4n) is 7.52. The quantitative estimate of drug-likeness (QED) is 0.169. The first kappa shape index (κ1) is 38.9. The second-order valence-electron chi connectivity index (χ2n) is 17.1. The summed E-state index contributed by atoms with van der Waals surface area (Å²) in [6, 6.07) is 48.4. The van der Waals surface area contributed by atoms with Crippen molar-refractivity contribution in [1.82, 2.24) is 14.5 Å². The summed E-state index contributed by atoms with van der Waals surface area (Å²) in [5.74, 6) is 1.25. The summed E-state index contributed by atoms with van der Waals surface area (Å²) in [4.78, 5) is 10.5. The number of benzene rings is 6. The molecule has 0 spiro atoms. The Labute approximate surface area is 345 Å². The number of fused-ring (bicyclic) bond motifs is 2. The zero-order valence-corrected chi connectivity index (χ0v) is 35.7. The van der Waals surface area contributed by atoms with E-state index in [9.17, 15) is 5.11 Å². The van der Waals surface area contributed by atoms with E-state index in [4.69, 9.17) is 9.97 Å². The van der Waals surface area contributed by atoms with Gasteiger partial charge in [0.25, 0.3) is 0 Å². The first-order valence-electron chi connectivity index (χ1n) is 19.3. The van der Waals surface area contributed by atoms with Crippen molar-refractivity contribution >= 4 is 21.8 Å². The van der Waals surface area contributed by atoms with Crippen LogP contribution in [0, 0.1) is 6.07 Å². The summed E-state index contributed by atoms with van der Waals surface area (Å²) in [5, 5.41) is 14.5. The van der Waals surface area contributed by atoms with Gasteiger partial charge >= 0.3 is 0 Å². The first-order valence-corrected chi connectivity index (χ1v) is 19.3. The normalized spacial score (nSPS) is 12.0. The Morgan fingerprint density at radius 1 is 0.661 bits per heavy atom. The van der Waals surface area contributed by atoms with Gasteiger partial charge in [-0.05, 0) is 57.0 Å². The smallest absolute Gasteiger partial charge is 0.148 e. The molecule has 5 heteroatoms. The number of hydrogen-bond acceptors (Lipinski definition) is 3. The van der Waals surface area contributed by atoms with Crippen LogP contribution in [-0.2, 0) is 31.9 Å². The number of para-hydroxylation sites is 1. The van der Waals surface area contributed by atoms with Gasteiger partial charge in [0.1, 0.15) is 11.6 Å². The van der Waals surface area contributed by atoms with Crippen molar-refractivity contribution in [3.8, 4) is 56.3 Å². The molecule has 0 aliphatic carbocycles. The average molecular weight is 914 g/mol. The zero-order chi connectivity index (χ0) is 38.6. The van der Waals surface area contributed by atoms with Crippen molar-refractivity contribution in [2.24, 2.45) is 0 Å². The van der Waals surface area contributed by atoms with E-state index in [0.717, 1.165) is 77.7 Å². The molecule has 8 rings (SSSR count). The molecule has 4 nitrogen and oxygen atoms in total. The van der Waals surface area contributed by atoms with E-state index in [1.807, 2.05) is 12.3 Å². The van der Waals surface area contributed by atoms with E-state index < -0.39 is 0 Å². The predicted octanol–water partition coefficient (Wildman–Crippen LogP) is 13.5. The number of nitrogens with zero attached hydrogens (tertiary/aromatic N) is 3. The minimum atomic E-state index is -0.294. The van der Waals surface area contributed by atoms with Gasteiger partial charge < -0.3 is 5.11 Å². The summed E-state index contributed by atoms with van der Waals surface area (Å²) >= 11 is 0. The molecule has 284 valence electrons. The van der Waals surface area contributed by atoms with Crippen LogP contribution >= 0.6 is 0 Å². The topological polar surface area (TPSA) is 50.9 Å². The monoisotopic (exact) mass is 913 g/mol. The van der Waals surface area contributed by atoms with Crippen LogP contribution in [0.3, 0.4) is 0 Å². The molecule has 0 atom stereocenters. The maximum Gasteiger partial charge on any atom is 0.148 e. The van der Waals surface area contributed by atoms with Crippen molar-refractivity contribution < 1.29 is 26.2 Å². The fraction of sp³-hybridized carbons (Fsp3) is 0.216. The van der Waals surface area contributed by atoms with Crippen molar-refractivity contribution in [1.29, 1.82) is 0 Å². The van der Waals surface area contributed by atoms with Crippen molar-refractivity contribution in [2.45, 2.75) is 72.1 Å². The number of imidazole rings is 1. The number of hydrogen-bond donors (Lipinski definition) is 1. The molecular formula is C51H48N3OPt-. The maximum absolute atomic E-state index is 12.2. The fourth-order valence-corrected chi connectivity index (χ4v) is 7.52. The second-order valence-corrected chi connectivity index (χ2v) is 17.1. The summed E-state index contributed by atoms with van der Waals surface area (Å²) in [7, 11) is 0. The van der Waals surface area contributed by atoms with Crippen LogP contribution in [-0.4, -0.2) is 19.6 Å². The molecule has 2 aromatic heterocycles. The zero-order valence-electron chi connectivity index (χ0n) is 33.4. The minimum absolute atomic E-state index is 0. The Morgan fingerprint density at radius 3 is 2.05 bits per heavy atom. The van der Waals surface area contributed by atoms with Crippen LogP contribution in [0.1, 0.15) is 78.0 Å². The molecule has 0 unspecified atom stereocenters. The van der Waals surface area contributed by atoms with Crippen LogP contribution in [0.15, 0.2) is 134 Å². The van der Waals surface area contributed by atoms with E-state index in [-0.39, 0.29) is 43.6 Å². The molecule has 8 aromatic rings. The minimum Gasteiger partial charge on any atom is -0.507 e.